The molecular weight excluding hydrogens is 301 g/mol. The zero-order valence-corrected chi connectivity index (χ0v) is 11.0. The van der Waals surface area contributed by atoms with Crippen molar-refractivity contribution in [1.82, 2.24) is 10.2 Å². The Kier molecular flexibility index (Phi) is 3.40. The minimum atomic E-state index is -0.687. The van der Waals surface area contributed by atoms with Gasteiger partial charge in [0.25, 0.3) is 16.8 Å². The van der Waals surface area contributed by atoms with E-state index >= 15 is 0 Å². The molecule has 1 aromatic carbocycles. The minimum absolute atomic E-state index is 0.0936. The number of hydrogen-bond acceptors (Lipinski definition) is 7. The number of nitrogens with zero attached hydrogens (tertiary/aromatic N) is 3. The summed E-state index contributed by atoms with van der Waals surface area (Å²) in [6, 6.07) is 6.56. The highest BCUT2D eigenvalue weighted by atomic mass is 32.2. The van der Waals surface area contributed by atoms with Crippen LogP contribution in [0.1, 0.15) is 0 Å². The first-order valence-electron chi connectivity index (χ1n) is 5.62. The van der Waals surface area contributed by atoms with Crippen LogP contribution in [0.25, 0.3) is 11.7 Å². The van der Waals surface area contributed by atoms with E-state index in [2.05, 4.69) is 10.2 Å². The van der Waals surface area contributed by atoms with Gasteiger partial charge in [-0.3, -0.25) is 10.1 Å². The maximum Gasteiger partial charge on any atom is 0.286 e. The van der Waals surface area contributed by atoms with Crippen LogP contribution in [-0.2, 0) is 0 Å². The first-order chi connectivity index (χ1) is 10.1. The molecule has 0 atom stereocenters. The van der Waals surface area contributed by atoms with Crippen molar-refractivity contribution < 1.29 is 18.1 Å². The smallest absolute Gasteiger partial charge is 0.286 e. The van der Waals surface area contributed by atoms with Gasteiger partial charge in [-0.1, -0.05) is 0 Å². The van der Waals surface area contributed by atoms with Crippen LogP contribution in [0, 0.1) is 15.9 Å². The van der Waals surface area contributed by atoms with Gasteiger partial charge in [-0.05, 0) is 36.0 Å². The Labute approximate surface area is 120 Å². The van der Waals surface area contributed by atoms with Crippen LogP contribution in [0.5, 0.6) is 0 Å². The van der Waals surface area contributed by atoms with E-state index in [0.717, 1.165) is 23.9 Å². The van der Waals surface area contributed by atoms with Gasteiger partial charge >= 0.3 is 0 Å². The third kappa shape index (κ3) is 2.77. The number of aromatic nitrogens is 2. The molecule has 0 N–H and O–H groups in total. The molecule has 0 saturated carbocycles. The molecule has 0 aliphatic carbocycles. The Morgan fingerprint density at radius 2 is 2.14 bits per heavy atom. The van der Waals surface area contributed by atoms with E-state index in [9.17, 15) is 14.5 Å². The zero-order valence-electron chi connectivity index (χ0n) is 10.2. The fourth-order valence-electron chi connectivity index (χ4n) is 1.56. The molecule has 2 heterocycles. The molecule has 21 heavy (non-hydrogen) atoms. The fraction of sp³-hybridized carbons (Fsp3) is 0. The van der Waals surface area contributed by atoms with Crippen molar-refractivity contribution in [2.45, 2.75) is 10.1 Å². The lowest BCUT2D eigenvalue weighted by Crippen LogP contribution is -1.91. The molecule has 0 amide bonds. The van der Waals surface area contributed by atoms with E-state index in [0.29, 0.717) is 5.76 Å². The number of rotatable bonds is 4. The van der Waals surface area contributed by atoms with Gasteiger partial charge in [-0.2, -0.15) is 0 Å². The monoisotopic (exact) mass is 307 g/mol. The van der Waals surface area contributed by atoms with Crippen LogP contribution >= 0.6 is 11.8 Å². The SMILES string of the molecule is O=[N+]([O-])c1cc(F)ccc1Sc1nnc(-c2ccco2)o1. The number of benzene rings is 1. The zero-order chi connectivity index (χ0) is 14.8. The van der Waals surface area contributed by atoms with Crippen molar-refractivity contribution in [3.63, 3.8) is 0 Å². The molecule has 3 rings (SSSR count). The molecule has 2 aromatic heterocycles. The van der Waals surface area contributed by atoms with Crippen molar-refractivity contribution in [3.05, 3.63) is 52.5 Å². The van der Waals surface area contributed by atoms with Crippen molar-refractivity contribution in [2.75, 3.05) is 0 Å². The topological polar surface area (TPSA) is 95.2 Å². The van der Waals surface area contributed by atoms with Crippen molar-refractivity contribution in [1.29, 1.82) is 0 Å². The largest absolute Gasteiger partial charge is 0.459 e. The van der Waals surface area contributed by atoms with E-state index in [1.807, 2.05) is 0 Å². The lowest BCUT2D eigenvalue weighted by atomic mass is 10.3. The Bertz CT molecular complexity index is 788. The second kappa shape index (κ2) is 5.37. The molecule has 106 valence electrons. The normalized spacial score (nSPS) is 10.7. The summed E-state index contributed by atoms with van der Waals surface area (Å²) in [6.07, 6.45) is 1.46. The Morgan fingerprint density at radius 1 is 1.29 bits per heavy atom. The molecule has 0 radical (unpaired) electrons. The summed E-state index contributed by atoms with van der Waals surface area (Å²) >= 11 is 0.879. The second-order valence-corrected chi connectivity index (χ2v) is 4.81. The van der Waals surface area contributed by atoms with Crippen LogP contribution < -0.4 is 0 Å². The third-order valence-electron chi connectivity index (χ3n) is 2.45. The summed E-state index contributed by atoms with van der Waals surface area (Å²) in [5.74, 6) is -0.136. The van der Waals surface area contributed by atoms with Gasteiger partial charge in [-0.25, -0.2) is 4.39 Å². The number of nitro benzene ring substituents is 1. The third-order valence-corrected chi connectivity index (χ3v) is 3.36. The van der Waals surface area contributed by atoms with Gasteiger partial charge in [0.2, 0.25) is 0 Å². The maximum absolute atomic E-state index is 13.1. The Morgan fingerprint density at radius 3 is 2.86 bits per heavy atom. The van der Waals surface area contributed by atoms with E-state index < -0.39 is 10.7 Å². The molecule has 0 fully saturated rings. The van der Waals surface area contributed by atoms with E-state index in [1.165, 1.54) is 12.3 Å². The highest BCUT2D eigenvalue weighted by Crippen LogP contribution is 2.35. The highest BCUT2D eigenvalue weighted by molar-refractivity contribution is 7.99. The molecule has 9 heteroatoms. The molecular formula is C12H6FN3O4S. The molecule has 0 unspecified atom stereocenters. The van der Waals surface area contributed by atoms with E-state index in [1.54, 1.807) is 12.1 Å². The molecule has 0 aliphatic rings. The van der Waals surface area contributed by atoms with Gasteiger partial charge in [-0.15, -0.1) is 10.2 Å². The van der Waals surface area contributed by atoms with Crippen LogP contribution in [0.3, 0.4) is 0 Å². The highest BCUT2D eigenvalue weighted by Gasteiger charge is 2.19. The molecule has 3 aromatic rings. The maximum atomic E-state index is 13.1. The molecule has 7 nitrogen and oxygen atoms in total. The van der Waals surface area contributed by atoms with Crippen molar-refractivity contribution >= 4 is 17.4 Å². The number of halogens is 1. The van der Waals surface area contributed by atoms with E-state index in [-0.39, 0.29) is 21.7 Å². The number of furan rings is 1. The average molecular weight is 307 g/mol. The fourth-order valence-corrected chi connectivity index (χ4v) is 2.33. The molecule has 0 aliphatic heterocycles. The summed E-state index contributed by atoms with van der Waals surface area (Å²) in [7, 11) is 0. The summed E-state index contributed by atoms with van der Waals surface area (Å²) < 4.78 is 23.5. The van der Waals surface area contributed by atoms with Gasteiger partial charge in [0.1, 0.15) is 5.82 Å². The van der Waals surface area contributed by atoms with Crippen LogP contribution in [0.4, 0.5) is 10.1 Å². The lowest BCUT2D eigenvalue weighted by Gasteiger charge is -1.99. The minimum Gasteiger partial charge on any atom is -0.459 e. The Balaban J connectivity index is 1.89. The standard InChI is InChI=1S/C12H6FN3O4S/c13-7-3-4-10(8(6-7)16(17)18)21-12-15-14-11(20-12)9-2-1-5-19-9/h1-6H. The van der Waals surface area contributed by atoms with Crippen molar-refractivity contribution in [2.24, 2.45) is 0 Å². The van der Waals surface area contributed by atoms with Crippen molar-refractivity contribution in [3.8, 4) is 11.7 Å². The van der Waals surface area contributed by atoms with Gasteiger partial charge < -0.3 is 8.83 Å². The lowest BCUT2D eigenvalue weighted by molar-refractivity contribution is -0.387. The predicted octanol–water partition coefficient (Wildman–Crippen LogP) is 3.53. The summed E-state index contributed by atoms with van der Waals surface area (Å²) in [5.41, 5.74) is -0.363. The molecule has 0 saturated heterocycles. The summed E-state index contributed by atoms with van der Waals surface area (Å²) in [6.45, 7) is 0. The van der Waals surface area contributed by atoms with Crippen LogP contribution in [-0.4, -0.2) is 15.1 Å². The first-order valence-corrected chi connectivity index (χ1v) is 6.44. The first kappa shape index (κ1) is 13.3. The van der Waals surface area contributed by atoms with Gasteiger partial charge in [0.15, 0.2) is 5.76 Å². The van der Waals surface area contributed by atoms with Crippen LogP contribution in [0.2, 0.25) is 0 Å². The van der Waals surface area contributed by atoms with Gasteiger partial charge in [0, 0.05) is 0 Å². The average Bonchev–Trinajstić information content (AvgIpc) is 3.11. The quantitative estimate of drug-likeness (QED) is 0.537. The molecule has 0 spiro atoms. The second-order valence-electron chi connectivity index (χ2n) is 3.82. The van der Waals surface area contributed by atoms with Gasteiger partial charge in [0.05, 0.1) is 22.1 Å². The molecule has 0 bridgehead atoms. The number of hydrogen-bond donors (Lipinski definition) is 0. The van der Waals surface area contributed by atoms with Crippen LogP contribution in [0.15, 0.2) is 55.5 Å². The Hall–Kier alpha value is -2.68. The number of nitro groups is 1. The summed E-state index contributed by atoms with van der Waals surface area (Å²) in [4.78, 5) is 10.4. The summed E-state index contributed by atoms with van der Waals surface area (Å²) in [5, 5.41) is 18.5. The van der Waals surface area contributed by atoms with E-state index in [4.69, 9.17) is 8.83 Å². The predicted molar refractivity (Wildman–Crippen MR) is 69.2 cm³/mol.